The average Bonchev–Trinajstić information content (AvgIpc) is 2.70. The Morgan fingerprint density at radius 3 is 2.58 bits per heavy atom. The maximum Gasteiger partial charge on any atom is 0.303 e. The van der Waals surface area contributed by atoms with E-state index in [0.717, 1.165) is 38.6 Å². The van der Waals surface area contributed by atoms with Gasteiger partial charge in [-0.05, 0) is 32.1 Å². The molecule has 1 aliphatic heterocycles. The van der Waals surface area contributed by atoms with E-state index in [1.54, 1.807) is 0 Å². The molecule has 2 atom stereocenters. The molecule has 0 aromatic heterocycles. The minimum absolute atomic E-state index is 0.0411. The molecule has 1 spiro atoms. The number of aliphatic carboxylic acids is 1. The Kier molecular flexibility index (Phi) is 4.45. The number of likely N-dealkylation sites (tertiary alicyclic amines) is 1. The maximum atomic E-state index is 12.1. The van der Waals surface area contributed by atoms with Crippen molar-refractivity contribution in [2.24, 2.45) is 5.41 Å². The van der Waals surface area contributed by atoms with E-state index in [-0.39, 0.29) is 23.8 Å². The number of amides is 1. The van der Waals surface area contributed by atoms with Crippen molar-refractivity contribution >= 4 is 11.9 Å². The molecule has 108 valence electrons. The van der Waals surface area contributed by atoms with Gasteiger partial charge in [0.15, 0.2) is 0 Å². The van der Waals surface area contributed by atoms with E-state index in [0.29, 0.717) is 19.4 Å². The van der Waals surface area contributed by atoms with Gasteiger partial charge in [-0.15, -0.1) is 0 Å². The fraction of sp³-hybridized carbons (Fsp3) is 0.857. The van der Waals surface area contributed by atoms with Crippen LogP contribution in [0.4, 0.5) is 0 Å². The van der Waals surface area contributed by atoms with Crippen molar-refractivity contribution in [3.63, 3.8) is 0 Å². The van der Waals surface area contributed by atoms with Gasteiger partial charge in [0.25, 0.3) is 0 Å². The summed E-state index contributed by atoms with van der Waals surface area (Å²) in [7, 11) is 0. The molecule has 1 amide bonds. The Morgan fingerprint density at radius 1 is 1.21 bits per heavy atom. The topological polar surface area (TPSA) is 77.8 Å². The van der Waals surface area contributed by atoms with E-state index >= 15 is 0 Å². The second-order valence-electron chi connectivity index (χ2n) is 5.94. The molecule has 2 fully saturated rings. The third-order valence-electron chi connectivity index (χ3n) is 4.60. The van der Waals surface area contributed by atoms with Crippen LogP contribution in [0.5, 0.6) is 0 Å². The molecule has 2 rings (SSSR count). The van der Waals surface area contributed by atoms with E-state index < -0.39 is 5.97 Å². The molecule has 0 radical (unpaired) electrons. The summed E-state index contributed by atoms with van der Waals surface area (Å²) >= 11 is 0. The first kappa shape index (κ1) is 14.3. The minimum atomic E-state index is -0.853. The fourth-order valence-corrected chi connectivity index (χ4v) is 3.52. The van der Waals surface area contributed by atoms with Gasteiger partial charge in [0.1, 0.15) is 0 Å². The van der Waals surface area contributed by atoms with E-state index in [1.807, 2.05) is 4.90 Å². The summed E-state index contributed by atoms with van der Waals surface area (Å²) in [5.41, 5.74) is -0.0826. The monoisotopic (exact) mass is 269 g/mol. The van der Waals surface area contributed by atoms with Gasteiger partial charge in [-0.1, -0.05) is 6.42 Å². The third-order valence-corrected chi connectivity index (χ3v) is 4.60. The van der Waals surface area contributed by atoms with Gasteiger partial charge in [-0.3, -0.25) is 9.59 Å². The molecule has 1 heterocycles. The first-order chi connectivity index (χ1) is 9.03. The lowest BCUT2D eigenvalue weighted by Crippen LogP contribution is -2.49. The Bertz CT molecular complexity index is 357. The highest BCUT2D eigenvalue weighted by atomic mass is 16.4. The summed E-state index contributed by atoms with van der Waals surface area (Å²) in [6, 6.07) is 0. The van der Waals surface area contributed by atoms with E-state index in [1.165, 1.54) is 0 Å². The highest BCUT2D eigenvalue weighted by Gasteiger charge is 2.45. The quantitative estimate of drug-likeness (QED) is 0.808. The summed E-state index contributed by atoms with van der Waals surface area (Å²) in [6.45, 7) is 1.40. The Hall–Kier alpha value is -1.10. The number of carboxylic acids is 1. The first-order valence-corrected chi connectivity index (χ1v) is 7.21. The van der Waals surface area contributed by atoms with Gasteiger partial charge in [0.2, 0.25) is 5.91 Å². The predicted octanol–water partition coefficient (Wildman–Crippen LogP) is 1.39. The molecule has 2 aliphatic rings. The van der Waals surface area contributed by atoms with E-state index in [4.69, 9.17) is 5.11 Å². The number of hydrogen-bond acceptors (Lipinski definition) is 3. The normalized spacial score (nSPS) is 30.8. The minimum Gasteiger partial charge on any atom is -0.481 e. The third kappa shape index (κ3) is 3.26. The molecular weight excluding hydrogens is 246 g/mol. The molecule has 1 saturated heterocycles. The van der Waals surface area contributed by atoms with Gasteiger partial charge >= 0.3 is 5.97 Å². The second-order valence-corrected chi connectivity index (χ2v) is 5.94. The standard InChI is InChI=1S/C14H23NO4/c16-11-4-2-7-14(11)8-3-9-15(10-14)12(17)5-1-6-13(18)19/h11,16H,1-10H2,(H,18,19)/t11-,14+/m1/s1. The molecule has 5 nitrogen and oxygen atoms in total. The number of carbonyl (C=O) groups excluding carboxylic acids is 1. The van der Waals surface area contributed by atoms with Gasteiger partial charge in [-0.25, -0.2) is 0 Å². The summed E-state index contributed by atoms with van der Waals surface area (Å²) < 4.78 is 0. The molecule has 19 heavy (non-hydrogen) atoms. The lowest BCUT2D eigenvalue weighted by atomic mass is 9.76. The summed E-state index contributed by atoms with van der Waals surface area (Å²) in [4.78, 5) is 24.4. The largest absolute Gasteiger partial charge is 0.481 e. The van der Waals surface area contributed by atoms with Crippen LogP contribution in [0.25, 0.3) is 0 Å². The Balaban J connectivity index is 1.86. The van der Waals surface area contributed by atoms with Crippen molar-refractivity contribution in [1.82, 2.24) is 4.90 Å². The summed E-state index contributed by atoms with van der Waals surface area (Å²) in [5, 5.41) is 18.7. The van der Waals surface area contributed by atoms with Crippen molar-refractivity contribution < 1.29 is 19.8 Å². The van der Waals surface area contributed by atoms with Gasteiger partial charge in [0.05, 0.1) is 6.10 Å². The summed E-state index contributed by atoms with van der Waals surface area (Å²) in [6.07, 6.45) is 5.33. The number of hydrogen-bond donors (Lipinski definition) is 2. The van der Waals surface area contributed by atoms with Crippen LogP contribution in [0.3, 0.4) is 0 Å². The lowest BCUT2D eigenvalue weighted by molar-refractivity contribution is -0.138. The van der Waals surface area contributed by atoms with Crippen molar-refractivity contribution in [2.75, 3.05) is 13.1 Å². The molecule has 0 bridgehead atoms. The van der Waals surface area contributed by atoms with Gasteiger partial charge in [-0.2, -0.15) is 0 Å². The molecule has 1 aliphatic carbocycles. The van der Waals surface area contributed by atoms with Crippen molar-refractivity contribution in [3.8, 4) is 0 Å². The molecule has 5 heteroatoms. The molecule has 0 aromatic rings. The number of aliphatic hydroxyl groups excluding tert-OH is 1. The zero-order chi connectivity index (χ0) is 13.9. The van der Waals surface area contributed by atoms with Crippen LogP contribution >= 0.6 is 0 Å². The zero-order valence-electron chi connectivity index (χ0n) is 11.3. The van der Waals surface area contributed by atoms with Crippen molar-refractivity contribution in [3.05, 3.63) is 0 Å². The average molecular weight is 269 g/mol. The molecule has 2 N–H and O–H groups in total. The molecular formula is C14H23NO4. The van der Waals surface area contributed by atoms with Crippen molar-refractivity contribution in [1.29, 1.82) is 0 Å². The number of carbonyl (C=O) groups is 2. The Morgan fingerprint density at radius 2 is 1.95 bits per heavy atom. The molecule has 0 aromatic carbocycles. The Labute approximate surface area is 113 Å². The fourth-order valence-electron chi connectivity index (χ4n) is 3.52. The van der Waals surface area contributed by atoms with Crippen LogP contribution in [0.15, 0.2) is 0 Å². The number of carboxylic acid groups (broad SMARTS) is 1. The smallest absolute Gasteiger partial charge is 0.303 e. The predicted molar refractivity (Wildman–Crippen MR) is 69.6 cm³/mol. The number of piperidine rings is 1. The number of aliphatic hydroxyl groups is 1. The molecule has 1 saturated carbocycles. The van der Waals surface area contributed by atoms with Crippen LogP contribution in [0, 0.1) is 5.41 Å². The second kappa shape index (κ2) is 5.90. The van der Waals surface area contributed by atoms with Crippen molar-refractivity contribution in [2.45, 2.75) is 57.5 Å². The van der Waals surface area contributed by atoms with Crippen LogP contribution in [0.1, 0.15) is 51.4 Å². The van der Waals surface area contributed by atoms with E-state index in [2.05, 4.69) is 0 Å². The van der Waals surface area contributed by atoms with Crippen LogP contribution in [-0.2, 0) is 9.59 Å². The van der Waals surface area contributed by atoms with Crippen LogP contribution < -0.4 is 0 Å². The number of nitrogens with zero attached hydrogens (tertiary/aromatic N) is 1. The van der Waals surface area contributed by atoms with E-state index in [9.17, 15) is 14.7 Å². The SMILES string of the molecule is O=C(O)CCCC(=O)N1CCC[C@@]2(CCC[C@H]2O)C1. The highest BCUT2D eigenvalue weighted by Crippen LogP contribution is 2.45. The lowest BCUT2D eigenvalue weighted by Gasteiger charge is -2.42. The zero-order valence-corrected chi connectivity index (χ0v) is 11.3. The van der Waals surface area contributed by atoms with Crippen LogP contribution in [-0.4, -0.2) is 46.2 Å². The highest BCUT2D eigenvalue weighted by molar-refractivity contribution is 5.77. The van der Waals surface area contributed by atoms with Crippen LogP contribution in [0.2, 0.25) is 0 Å². The molecule has 0 unspecified atom stereocenters. The first-order valence-electron chi connectivity index (χ1n) is 7.21. The van der Waals surface area contributed by atoms with Gasteiger partial charge < -0.3 is 15.1 Å². The number of rotatable bonds is 4. The van der Waals surface area contributed by atoms with Gasteiger partial charge in [0, 0.05) is 31.3 Å². The maximum absolute atomic E-state index is 12.1. The summed E-state index contributed by atoms with van der Waals surface area (Å²) in [5.74, 6) is -0.812.